The van der Waals surface area contributed by atoms with E-state index in [0.717, 1.165) is 27.5 Å². The first-order valence-corrected chi connectivity index (χ1v) is 12.5. The van der Waals surface area contributed by atoms with Gasteiger partial charge >= 0.3 is 0 Å². The number of fused-ring (bicyclic) bond motifs is 2. The number of hydrogen-bond donors (Lipinski definition) is 2. The van der Waals surface area contributed by atoms with E-state index in [1.165, 1.54) is 0 Å². The Bertz CT molecular complexity index is 1940. The molecular formula is C27H18ClN9O2. The van der Waals surface area contributed by atoms with E-state index >= 15 is 0 Å². The Morgan fingerprint density at radius 3 is 2.62 bits per heavy atom. The first kappa shape index (κ1) is 23.0. The van der Waals surface area contributed by atoms with Crippen LogP contribution in [0, 0.1) is 0 Å². The van der Waals surface area contributed by atoms with Gasteiger partial charge in [-0.3, -0.25) is 24.6 Å². The molecule has 6 aromatic rings. The van der Waals surface area contributed by atoms with Gasteiger partial charge in [-0.1, -0.05) is 29.8 Å². The van der Waals surface area contributed by atoms with Crippen molar-refractivity contribution in [2.75, 3.05) is 0 Å². The molecule has 0 bridgehead atoms. The van der Waals surface area contributed by atoms with Crippen LogP contribution in [0.25, 0.3) is 38.6 Å². The molecule has 0 atom stereocenters. The lowest BCUT2D eigenvalue weighted by atomic mass is 9.97. The lowest BCUT2D eigenvalue weighted by Gasteiger charge is -2.03. The summed E-state index contributed by atoms with van der Waals surface area (Å²) >= 11 is 6.39. The molecule has 2 amide bonds. The number of nitrogens with one attached hydrogen (secondary N) is 2. The lowest BCUT2D eigenvalue weighted by Crippen LogP contribution is -2.22. The molecule has 11 nitrogen and oxygen atoms in total. The number of carbonyl (C=O) groups is 2. The number of carbonyl (C=O) groups excluding carboxylic acids is 2. The number of hydrogen-bond acceptors (Lipinski definition) is 7. The zero-order chi connectivity index (χ0) is 26.5. The number of rotatable bonds is 6. The smallest absolute Gasteiger partial charge is 0.261 e. The van der Waals surface area contributed by atoms with Gasteiger partial charge in [-0.25, -0.2) is 5.10 Å². The third-order valence-electron chi connectivity index (χ3n) is 6.74. The minimum atomic E-state index is -0.505. The highest BCUT2D eigenvalue weighted by atomic mass is 35.5. The van der Waals surface area contributed by atoms with Crippen LogP contribution < -0.4 is 5.32 Å². The number of pyridine rings is 1. The Labute approximate surface area is 225 Å². The SMILES string of the molecule is O=C1NC(=O)C(c2nn(CCc3nnn[nH]3)c3ccccc23)=C1c1cn(-c2cccnc2)c2ccc(Cl)cc12. The van der Waals surface area contributed by atoms with Crippen molar-refractivity contribution in [2.24, 2.45) is 0 Å². The quantitative estimate of drug-likeness (QED) is 0.312. The molecule has 4 aromatic heterocycles. The third kappa shape index (κ3) is 3.79. The maximum absolute atomic E-state index is 13.4. The summed E-state index contributed by atoms with van der Waals surface area (Å²) in [4.78, 5) is 30.9. The highest BCUT2D eigenvalue weighted by molar-refractivity contribution is 6.50. The summed E-state index contributed by atoms with van der Waals surface area (Å²) in [7, 11) is 0. The van der Waals surface area contributed by atoms with Gasteiger partial charge in [0.05, 0.1) is 34.1 Å². The fourth-order valence-electron chi connectivity index (χ4n) is 5.03. The standard InChI is InChI=1S/C27H18ClN9O2/c28-15-7-8-20-18(12-15)19(14-36(20)16-4-3-10-29-13-16)23-24(27(39)30-26(23)38)25-17-5-1-2-6-21(17)37(33-25)11-9-22-31-34-35-32-22/h1-8,10,12-14H,9,11H2,(H,30,38,39)(H,31,32,34,35). The predicted octanol–water partition coefficient (Wildman–Crippen LogP) is 3.35. The van der Waals surface area contributed by atoms with Gasteiger partial charge in [0.25, 0.3) is 11.8 Å². The van der Waals surface area contributed by atoms with E-state index in [-0.39, 0.29) is 11.1 Å². The molecule has 0 spiro atoms. The average molecular weight is 536 g/mol. The maximum atomic E-state index is 13.4. The zero-order valence-corrected chi connectivity index (χ0v) is 20.9. The normalized spacial score (nSPS) is 13.7. The van der Waals surface area contributed by atoms with Crippen molar-refractivity contribution >= 4 is 56.4 Å². The van der Waals surface area contributed by atoms with Crippen molar-refractivity contribution in [1.29, 1.82) is 0 Å². The molecule has 5 heterocycles. The van der Waals surface area contributed by atoms with Crippen LogP contribution in [0.15, 0.2) is 73.2 Å². The molecule has 12 heteroatoms. The molecule has 2 aromatic carbocycles. The molecular weight excluding hydrogens is 518 g/mol. The Morgan fingerprint density at radius 2 is 1.79 bits per heavy atom. The number of para-hydroxylation sites is 1. The number of tetrazole rings is 1. The number of amides is 2. The second-order valence-electron chi connectivity index (χ2n) is 9.01. The Hall–Kier alpha value is -5.16. The predicted molar refractivity (Wildman–Crippen MR) is 144 cm³/mol. The molecule has 1 aliphatic rings. The van der Waals surface area contributed by atoms with E-state index in [1.807, 2.05) is 53.2 Å². The number of halogens is 1. The van der Waals surface area contributed by atoms with E-state index in [1.54, 1.807) is 29.2 Å². The van der Waals surface area contributed by atoms with Gasteiger partial charge in [0.2, 0.25) is 0 Å². The van der Waals surface area contributed by atoms with Crippen LogP contribution in [0.2, 0.25) is 5.02 Å². The van der Waals surface area contributed by atoms with Crippen molar-refractivity contribution in [2.45, 2.75) is 13.0 Å². The van der Waals surface area contributed by atoms with Crippen LogP contribution in [0.1, 0.15) is 17.1 Å². The van der Waals surface area contributed by atoms with Crippen LogP contribution in [-0.2, 0) is 22.6 Å². The molecule has 1 aliphatic heterocycles. The van der Waals surface area contributed by atoms with Gasteiger partial charge < -0.3 is 4.57 Å². The first-order valence-electron chi connectivity index (χ1n) is 12.1. The van der Waals surface area contributed by atoms with Crippen LogP contribution in [0.3, 0.4) is 0 Å². The van der Waals surface area contributed by atoms with Gasteiger partial charge in [0.15, 0.2) is 0 Å². The number of nitrogens with zero attached hydrogens (tertiary/aromatic N) is 7. The second kappa shape index (κ2) is 8.99. The van der Waals surface area contributed by atoms with Gasteiger partial charge in [-0.2, -0.15) is 5.10 Å². The molecule has 39 heavy (non-hydrogen) atoms. The fourth-order valence-corrected chi connectivity index (χ4v) is 5.20. The van der Waals surface area contributed by atoms with E-state index in [9.17, 15) is 9.59 Å². The number of H-pyrrole nitrogens is 1. The average Bonchev–Trinajstić information content (AvgIpc) is 3.73. The fraction of sp³-hybridized carbons (Fsp3) is 0.0741. The number of aromatic nitrogens is 8. The highest BCUT2D eigenvalue weighted by Gasteiger charge is 2.36. The molecule has 190 valence electrons. The first-order chi connectivity index (χ1) is 19.1. The minimum absolute atomic E-state index is 0.210. The Kier molecular flexibility index (Phi) is 5.30. The lowest BCUT2D eigenvalue weighted by molar-refractivity contribution is -0.122. The minimum Gasteiger partial charge on any atom is -0.314 e. The number of imide groups is 1. The van der Waals surface area contributed by atoms with Crippen molar-refractivity contribution in [3.63, 3.8) is 0 Å². The van der Waals surface area contributed by atoms with Crippen molar-refractivity contribution < 1.29 is 9.59 Å². The molecule has 0 radical (unpaired) electrons. The Morgan fingerprint density at radius 1 is 0.923 bits per heavy atom. The summed E-state index contributed by atoms with van der Waals surface area (Å²) < 4.78 is 3.72. The summed E-state index contributed by atoms with van der Waals surface area (Å²) in [6.07, 6.45) is 5.76. The van der Waals surface area contributed by atoms with Crippen molar-refractivity contribution in [1.82, 2.24) is 45.3 Å². The summed E-state index contributed by atoms with van der Waals surface area (Å²) in [6, 6.07) is 16.8. The molecule has 2 N–H and O–H groups in total. The van der Waals surface area contributed by atoms with Gasteiger partial charge in [-0.15, -0.1) is 5.10 Å². The molecule has 0 aliphatic carbocycles. The van der Waals surface area contributed by atoms with Crippen LogP contribution in [0.5, 0.6) is 0 Å². The largest absolute Gasteiger partial charge is 0.314 e. The summed E-state index contributed by atoms with van der Waals surface area (Å²) in [6.45, 7) is 0.464. The molecule has 0 unspecified atom stereocenters. The molecule has 0 saturated carbocycles. The second-order valence-corrected chi connectivity index (χ2v) is 9.44. The van der Waals surface area contributed by atoms with Crippen LogP contribution >= 0.6 is 11.6 Å². The topological polar surface area (TPSA) is 136 Å². The number of benzene rings is 2. The van der Waals surface area contributed by atoms with Crippen molar-refractivity contribution in [3.05, 3.63) is 95.3 Å². The maximum Gasteiger partial charge on any atom is 0.261 e. The number of aryl methyl sites for hydroxylation is 2. The van der Waals surface area contributed by atoms with E-state index in [0.29, 0.717) is 35.1 Å². The Balaban J connectivity index is 1.46. The van der Waals surface area contributed by atoms with Crippen molar-refractivity contribution in [3.8, 4) is 5.69 Å². The molecule has 0 saturated heterocycles. The highest BCUT2D eigenvalue weighted by Crippen LogP contribution is 2.39. The third-order valence-corrected chi connectivity index (χ3v) is 6.97. The zero-order valence-electron chi connectivity index (χ0n) is 20.2. The monoisotopic (exact) mass is 535 g/mol. The van der Waals surface area contributed by atoms with Gasteiger partial charge in [0, 0.05) is 46.7 Å². The summed E-state index contributed by atoms with van der Waals surface area (Å²) in [5, 5.41) is 23.2. The van der Waals surface area contributed by atoms with Gasteiger partial charge in [0.1, 0.15) is 11.5 Å². The van der Waals surface area contributed by atoms with E-state index in [2.05, 4.69) is 30.9 Å². The summed E-state index contributed by atoms with van der Waals surface area (Å²) in [5.74, 6) is -0.384. The number of aromatic amines is 1. The van der Waals surface area contributed by atoms with Gasteiger partial charge in [-0.05, 0) is 46.8 Å². The molecule has 7 rings (SSSR count). The molecule has 0 fully saturated rings. The summed E-state index contributed by atoms with van der Waals surface area (Å²) in [5.41, 5.74) is 3.88. The van der Waals surface area contributed by atoms with E-state index in [4.69, 9.17) is 16.7 Å². The van der Waals surface area contributed by atoms with Crippen LogP contribution in [-0.4, -0.2) is 51.8 Å². The van der Waals surface area contributed by atoms with E-state index < -0.39 is 11.8 Å². The van der Waals surface area contributed by atoms with Crippen LogP contribution in [0.4, 0.5) is 0 Å².